The lowest BCUT2D eigenvalue weighted by atomic mass is 9.98. The molecule has 6 rings (SSSR count). The number of rotatable bonds is 4. The summed E-state index contributed by atoms with van der Waals surface area (Å²) in [7, 11) is 0. The Morgan fingerprint density at radius 3 is 2.18 bits per heavy atom. The molecule has 0 saturated carbocycles. The third kappa shape index (κ3) is 5.04. The molecule has 200 valence electrons. The third-order valence-electron chi connectivity index (χ3n) is 7.60. The number of hydrogen-bond donors (Lipinski definition) is 0. The van der Waals surface area contributed by atoms with E-state index in [-0.39, 0.29) is 23.9 Å². The first-order valence-corrected chi connectivity index (χ1v) is 13.6. The number of thiophene rings is 1. The molecule has 39 heavy (non-hydrogen) atoms. The lowest BCUT2D eigenvalue weighted by molar-refractivity contribution is -0.137. The number of benzene rings is 3. The summed E-state index contributed by atoms with van der Waals surface area (Å²) in [6.07, 6.45) is -4.43. The summed E-state index contributed by atoms with van der Waals surface area (Å²) in [5.74, 6) is -0.147. The van der Waals surface area contributed by atoms with E-state index in [2.05, 4.69) is 4.90 Å². The van der Waals surface area contributed by atoms with Crippen LogP contribution in [0.5, 0.6) is 0 Å². The fourth-order valence-electron chi connectivity index (χ4n) is 5.42. The van der Waals surface area contributed by atoms with Gasteiger partial charge in [0.15, 0.2) is 0 Å². The van der Waals surface area contributed by atoms with Gasteiger partial charge in [-0.3, -0.25) is 14.5 Å². The maximum atomic E-state index is 13.7. The monoisotopic (exact) mass is 549 g/mol. The van der Waals surface area contributed by atoms with E-state index in [0.717, 1.165) is 17.7 Å². The molecule has 0 bridgehead atoms. The number of piperazine rings is 1. The first-order chi connectivity index (χ1) is 18.8. The van der Waals surface area contributed by atoms with Crippen LogP contribution in [0.1, 0.15) is 37.2 Å². The van der Waals surface area contributed by atoms with E-state index in [9.17, 15) is 22.8 Å². The summed E-state index contributed by atoms with van der Waals surface area (Å²) < 4.78 is 40.3. The maximum Gasteiger partial charge on any atom is 0.416 e. The van der Waals surface area contributed by atoms with Gasteiger partial charge in [0.05, 0.1) is 16.5 Å². The molecule has 1 aromatic heterocycles. The zero-order chi connectivity index (χ0) is 27.1. The van der Waals surface area contributed by atoms with E-state index in [0.29, 0.717) is 53.3 Å². The van der Waals surface area contributed by atoms with E-state index >= 15 is 0 Å². The van der Waals surface area contributed by atoms with Crippen LogP contribution in [0.15, 0.2) is 84.9 Å². The molecule has 4 aromatic rings. The van der Waals surface area contributed by atoms with Gasteiger partial charge in [-0.05, 0) is 47.3 Å². The molecule has 2 saturated heterocycles. The highest BCUT2D eigenvalue weighted by Gasteiger charge is 2.40. The van der Waals surface area contributed by atoms with Crippen molar-refractivity contribution in [3.63, 3.8) is 0 Å². The molecule has 1 atom stereocenters. The number of carbonyl (C=O) groups is 2. The number of carbonyl (C=O) groups excluding carboxylic acids is 2. The van der Waals surface area contributed by atoms with Crippen LogP contribution in [0.25, 0.3) is 10.1 Å². The van der Waals surface area contributed by atoms with E-state index in [1.54, 1.807) is 6.07 Å². The van der Waals surface area contributed by atoms with E-state index in [1.807, 2.05) is 70.5 Å². The highest BCUT2D eigenvalue weighted by Crippen LogP contribution is 2.36. The molecule has 3 heterocycles. The Hall–Kier alpha value is -3.69. The molecule has 3 aromatic carbocycles. The predicted molar refractivity (Wildman–Crippen MR) is 145 cm³/mol. The Balaban J connectivity index is 1.20. The van der Waals surface area contributed by atoms with Crippen molar-refractivity contribution in [2.24, 2.45) is 0 Å². The average Bonchev–Trinajstić information content (AvgIpc) is 3.36. The van der Waals surface area contributed by atoms with E-state index < -0.39 is 11.7 Å². The Kier molecular flexibility index (Phi) is 6.64. The van der Waals surface area contributed by atoms with Crippen LogP contribution < -0.4 is 0 Å². The largest absolute Gasteiger partial charge is 0.416 e. The first kappa shape index (κ1) is 25.6. The molecule has 2 amide bonds. The van der Waals surface area contributed by atoms with Gasteiger partial charge in [0.1, 0.15) is 0 Å². The third-order valence-corrected chi connectivity index (χ3v) is 8.70. The Morgan fingerprint density at radius 2 is 1.49 bits per heavy atom. The number of nitrogens with zero attached hydrogens (tertiary/aromatic N) is 3. The molecule has 5 nitrogen and oxygen atoms in total. The van der Waals surface area contributed by atoms with Crippen molar-refractivity contribution >= 4 is 33.2 Å². The number of hydrogen-bond acceptors (Lipinski definition) is 4. The number of alkyl halides is 3. The highest BCUT2D eigenvalue weighted by atomic mass is 32.1. The minimum Gasteiger partial charge on any atom is -0.335 e. The summed E-state index contributed by atoms with van der Waals surface area (Å²) in [6, 6.07) is 24.2. The van der Waals surface area contributed by atoms with Crippen molar-refractivity contribution in [1.82, 2.24) is 14.7 Å². The molecule has 0 N–H and O–H groups in total. The molecule has 2 aliphatic heterocycles. The summed E-state index contributed by atoms with van der Waals surface area (Å²) >= 11 is 1.22. The second-order valence-electron chi connectivity index (χ2n) is 10.0. The van der Waals surface area contributed by atoms with E-state index in [4.69, 9.17) is 0 Å². The lowest BCUT2D eigenvalue weighted by Gasteiger charge is -2.50. The first-order valence-electron chi connectivity index (χ1n) is 12.8. The summed E-state index contributed by atoms with van der Waals surface area (Å²) in [4.78, 5) is 33.0. The quantitative estimate of drug-likeness (QED) is 0.316. The smallest absolute Gasteiger partial charge is 0.335 e. The number of amides is 2. The van der Waals surface area contributed by atoms with Crippen molar-refractivity contribution in [2.75, 3.05) is 32.7 Å². The van der Waals surface area contributed by atoms with Gasteiger partial charge < -0.3 is 9.80 Å². The van der Waals surface area contributed by atoms with Gasteiger partial charge in [0.2, 0.25) is 0 Å². The highest BCUT2D eigenvalue weighted by molar-refractivity contribution is 7.20. The van der Waals surface area contributed by atoms with Gasteiger partial charge in [0, 0.05) is 49.0 Å². The van der Waals surface area contributed by atoms with Gasteiger partial charge in [-0.1, -0.05) is 48.5 Å². The minimum absolute atomic E-state index is 0.0266. The average molecular weight is 550 g/mol. The minimum atomic E-state index is -4.43. The maximum absolute atomic E-state index is 13.7. The molecule has 0 aliphatic carbocycles. The van der Waals surface area contributed by atoms with Gasteiger partial charge in [0.25, 0.3) is 11.8 Å². The molecule has 2 aliphatic rings. The van der Waals surface area contributed by atoms with Crippen LogP contribution in [-0.2, 0) is 6.18 Å². The van der Waals surface area contributed by atoms with Crippen molar-refractivity contribution in [2.45, 2.75) is 18.3 Å². The topological polar surface area (TPSA) is 43.9 Å². The fourth-order valence-corrected chi connectivity index (χ4v) is 6.42. The lowest BCUT2D eigenvalue weighted by Crippen LogP contribution is -2.64. The summed E-state index contributed by atoms with van der Waals surface area (Å²) in [6.45, 7) is 3.05. The van der Waals surface area contributed by atoms with Crippen molar-refractivity contribution in [3.05, 3.63) is 106 Å². The molecule has 0 spiro atoms. The van der Waals surface area contributed by atoms with Crippen molar-refractivity contribution < 1.29 is 22.8 Å². The number of likely N-dealkylation sites (tertiary alicyclic amines) is 1. The van der Waals surface area contributed by atoms with Crippen LogP contribution in [0, 0.1) is 0 Å². The summed E-state index contributed by atoms with van der Waals surface area (Å²) in [5, 5.41) is 0.422. The fraction of sp³-hybridized carbons (Fsp3) is 0.267. The molecule has 9 heteroatoms. The number of fused-ring (bicyclic) bond motifs is 1. The van der Waals surface area contributed by atoms with Crippen LogP contribution in [-0.4, -0.2) is 65.3 Å². The zero-order valence-electron chi connectivity index (χ0n) is 21.0. The Bertz CT molecular complexity index is 1500. The molecule has 0 radical (unpaired) electrons. The van der Waals surface area contributed by atoms with E-state index in [1.165, 1.54) is 17.4 Å². The second-order valence-corrected chi connectivity index (χ2v) is 11.1. The number of halogens is 3. The van der Waals surface area contributed by atoms with Crippen molar-refractivity contribution in [1.29, 1.82) is 0 Å². The second kappa shape index (κ2) is 10.1. The molecular formula is C30H26F3N3O2S. The Labute approximate surface area is 228 Å². The van der Waals surface area contributed by atoms with Gasteiger partial charge in [-0.15, -0.1) is 11.3 Å². The predicted octanol–water partition coefficient (Wildman–Crippen LogP) is 5.94. The van der Waals surface area contributed by atoms with Gasteiger partial charge in [-0.25, -0.2) is 0 Å². The Morgan fingerprint density at radius 1 is 0.795 bits per heavy atom. The van der Waals surface area contributed by atoms with Crippen molar-refractivity contribution in [3.8, 4) is 0 Å². The van der Waals surface area contributed by atoms with Crippen LogP contribution in [0.2, 0.25) is 0 Å². The van der Waals surface area contributed by atoms with Crippen LogP contribution in [0.3, 0.4) is 0 Å². The van der Waals surface area contributed by atoms with Crippen LogP contribution >= 0.6 is 11.3 Å². The SMILES string of the molecule is O=C(c1ccccc1)N1CC(N2CCN(C(=O)c3cc4cc(C(F)(F)F)ccc4s3)C(c3ccccc3)C2)C1. The normalized spacial score (nSPS) is 18.8. The van der Waals surface area contributed by atoms with Crippen LogP contribution in [0.4, 0.5) is 13.2 Å². The van der Waals surface area contributed by atoms with Gasteiger partial charge in [-0.2, -0.15) is 13.2 Å². The zero-order valence-corrected chi connectivity index (χ0v) is 21.8. The molecule has 2 fully saturated rings. The molecular weight excluding hydrogens is 523 g/mol. The summed E-state index contributed by atoms with van der Waals surface area (Å²) in [5.41, 5.74) is 0.967. The molecule has 1 unspecified atom stereocenters. The van der Waals surface area contributed by atoms with Gasteiger partial charge >= 0.3 is 6.18 Å². The standard InChI is InChI=1S/C30H26F3N3O2S/c31-30(32,33)23-11-12-26-22(15-23)16-27(39-26)29(38)36-14-13-34(19-25(36)20-7-3-1-4-8-20)24-17-35(18-24)28(37)21-9-5-2-6-10-21/h1-12,15-16,24-25H,13-14,17-19H2.